The number of carbonyl (C=O) groups excluding carboxylic acids is 2. The van der Waals surface area contributed by atoms with Crippen molar-refractivity contribution in [3.63, 3.8) is 0 Å². The van der Waals surface area contributed by atoms with Gasteiger partial charge in [0.15, 0.2) is 0 Å². The molecule has 0 unspecified atom stereocenters. The van der Waals surface area contributed by atoms with Crippen LogP contribution in [0.4, 0.5) is 5.69 Å². The fraction of sp³-hybridized carbons (Fsp3) is 0.167. The number of nitrogens with zero attached hydrogens (tertiary/aromatic N) is 1. The van der Waals surface area contributed by atoms with Crippen LogP contribution < -0.4 is 4.90 Å². The zero-order chi connectivity index (χ0) is 19.5. The summed E-state index contributed by atoms with van der Waals surface area (Å²) in [6.07, 6.45) is 0. The first kappa shape index (κ1) is 18.0. The lowest BCUT2D eigenvalue weighted by molar-refractivity contribution is -0.126. The number of β-lactam (4-membered cyclic amide) rings is 1. The minimum atomic E-state index is -0.348. The predicted molar refractivity (Wildman–Crippen MR) is 108 cm³/mol. The Hall–Kier alpha value is -3.40. The molecule has 2 atom stereocenters. The van der Waals surface area contributed by atoms with Gasteiger partial charge in [-0.2, -0.15) is 0 Å². The van der Waals surface area contributed by atoms with Gasteiger partial charge < -0.3 is 9.64 Å². The first-order chi connectivity index (χ1) is 13.7. The molecular formula is C24H21NO3. The van der Waals surface area contributed by atoms with Crippen molar-refractivity contribution in [2.75, 3.05) is 11.5 Å². The number of esters is 1. The van der Waals surface area contributed by atoms with Gasteiger partial charge >= 0.3 is 5.97 Å². The molecule has 0 saturated carbocycles. The Labute approximate surface area is 164 Å². The van der Waals surface area contributed by atoms with Crippen molar-refractivity contribution in [2.24, 2.45) is 0 Å². The van der Waals surface area contributed by atoms with E-state index in [0.717, 1.165) is 16.8 Å². The van der Waals surface area contributed by atoms with Crippen LogP contribution in [-0.2, 0) is 9.53 Å². The number of hydrogen-bond donors (Lipinski definition) is 0. The van der Waals surface area contributed by atoms with Crippen LogP contribution in [0.25, 0.3) is 0 Å². The smallest absolute Gasteiger partial charge is 0.338 e. The average molecular weight is 371 g/mol. The fourth-order valence-electron chi connectivity index (χ4n) is 3.72. The van der Waals surface area contributed by atoms with Gasteiger partial charge in [-0.25, -0.2) is 4.79 Å². The van der Waals surface area contributed by atoms with Crippen molar-refractivity contribution < 1.29 is 14.3 Å². The van der Waals surface area contributed by atoms with Gasteiger partial charge in [-0.1, -0.05) is 60.7 Å². The highest BCUT2D eigenvalue weighted by Gasteiger charge is 2.49. The van der Waals surface area contributed by atoms with E-state index in [1.807, 2.05) is 77.7 Å². The van der Waals surface area contributed by atoms with Gasteiger partial charge in [0, 0.05) is 5.69 Å². The van der Waals surface area contributed by atoms with Crippen LogP contribution >= 0.6 is 0 Å². The van der Waals surface area contributed by atoms with E-state index in [-0.39, 0.29) is 23.8 Å². The Morgan fingerprint density at radius 2 is 1.46 bits per heavy atom. The molecule has 1 aliphatic heterocycles. The number of carbonyl (C=O) groups is 2. The Kier molecular flexibility index (Phi) is 4.94. The summed E-state index contributed by atoms with van der Waals surface area (Å²) in [4.78, 5) is 26.8. The molecule has 3 aromatic rings. The van der Waals surface area contributed by atoms with Crippen molar-refractivity contribution in [3.05, 3.63) is 102 Å². The number of ether oxygens (including phenoxy) is 1. The highest BCUT2D eigenvalue weighted by atomic mass is 16.5. The molecule has 3 aromatic carbocycles. The normalized spacial score (nSPS) is 18.5. The van der Waals surface area contributed by atoms with E-state index in [1.54, 1.807) is 19.1 Å². The van der Waals surface area contributed by atoms with Crippen molar-refractivity contribution in [1.29, 1.82) is 0 Å². The van der Waals surface area contributed by atoms with E-state index >= 15 is 0 Å². The maximum atomic E-state index is 13.1. The Balaban J connectivity index is 1.68. The summed E-state index contributed by atoms with van der Waals surface area (Å²) in [6, 6.07) is 26.9. The van der Waals surface area contributed by atoms with Crippen LogP contribution in [0.2, 0.25) is 0 Å². The van der Waals surface area contributed by atoms with Gasteiger partial charge in [0.25, 0.3) is 0 Å². The van der Waals surface area contributed by atoms with Crippen molar-refractivity contribution >= 4 is 17.6 Å². The number of anilines is 1. The molecule has 1 heterocycles. The van der Waals surface area contributed by atoms with E-state index in [0.29, 0.717) is 12.2 Å². The number of hydrogen-bond acceptors (Lipinski definition) is 3. The van der Waals surface area contributed by atoms with Crippen LogP contribution in [0.5, 0.6) is 0 Å². The Morgan fingerprint density at radius 3 is 2.07 bits per heavy atom. The zero-order valence-electron chi connectivity index (χ0n) is 15.6. The van der Waals surface area contributed by atoms with Gasteiger partial charge in [-0.15, -0.1) is 0 Å². The molecule has 1 aliphatic rings. The molecule has 0 bridgehead atoms. The second-order valence-electron chi connectivity index (χ2n) is 6.72. The molecule has 1 saturated heterocycles. The predicted octanol–water partition coefficient (Wildman–Crippen LogP) is 4.74. The van der Waals surface area contributed by atoms with E-state index in [4.69, 9.17) is 4.74 Å². The topological polar surface area (TPSA) is 46.6 Å². The third-order valence-electron chi connectivity index (χ3n) is 5.05. The number of benzene rings is 3. The van der Waals surface area contributed by atoms with E-state index in [1.165, 1.54) is 0 Å². The molecule has 4 nitrogen and oxygen atoms in total. The highest BCUT2D eigenvalue weighted by Crippen LogP contribution is 2.48. The van der Waals surface area contributed by atoms with Gasteiger partial charge in [0.1, 0.15) is 0 Å². The lowest BCUT2D eigenvalue weighted by Crippen LogP contribution is -2.53. The van der Waals surface area contributed by atoms with E-state index in [9.17, 15) is 9.59 Å². The Morgan fingerprint density at radius 1 is 0.857 bits per heavy atom. The summed E-state index contributed by atoms with van der Waals surface area (Å²) < 4.78 is 5.04. The summed E-state index contributed by atoms with van der Waals surface area (Å²) >= 11 is 0. The molecule has 4 heteroatoms. The quantitative estimate of drug-likeness (QED) is 0.481. The maximum absolute atomic E-state index is 13.1. The highest BCUT2D eigenvalue weighted by molar-refractivity contribution is 6.06. The maximum Gasteiger partial charge on any atom is 0.338 e. The van der Waals surface area contributed by atoms with E-state index in [2.05, 4.69) is 0 Å². The molecule has 0 aliphatic carbocycles. The molecule has 0 spiro atoms. The van der Waals surface area contributed by atoms with Crippen LogP contribution in [-0.4, -0.2) is 18.5 Å². The number of para-hydroxylation sites is 1. The summed E-state index contributed by atoms with van der Waals surface area (Å²) in [7, 11) is 0. The molecule has 0 radical (unpaired) electrons. The standard InChI is InChI=1S/C24H21NO3/c1-2-28-24(27)19-15-13-17(14-16-19)21-22(18-9-5-3-6-10-18)25(23(21)26)20-11-7-4-8-12-20/h3-16,21-22H,2H2,1H3/t21-,22-/m1/s1. The molecule has 4 rings (SSSR count). The van der Waals surface area contributed by atoms with Gasteiger partial charge in [-0.3, -0.25) is 4.79 Å². The number of amides is 1. The third kappa shape index (κ3) is 3.18. The molecular weight excluding hydrogens is 350 g/mol. The van der Waals surface area contributed by atoms with Gasteiger partial charge in [0.2, 0.25) is 5.91 Å². The van der Waals surface area contributed by atoms with E-state index < -0.39 is 0 Å². The van der Waals surface area contributed by atoms with Crippen LogP contribution in [0.3, 0.4) is 0 Å². The van der Waals surface area contributed by atoms with Crippen LogP contribution in [0, 0.1) is 0 Å². The molecule has 0 N–H and O–H groups in total. The van der Waals surface area contributed by atoms with Crippen molar-refractivity contribution in [3.8, 4) is 0 Å². The zero-order valence-corrected chi connectivity index (χ0v) is 15.6. The first-order valence-corrected chi connectivity index (χ1v) is 9.41. The largest absolute Gasteiger partial charge is 0.462 e. The summed E-state index contributed by atoms with van der Waals surface area (Å²) in [5, 5.41) is 0. The summed E-state index contributed by atoms with van der Waals surface area (Å²) in [5.41, 5.74) is 3.37. The van der Waals surface area contributed by atoms with Crippen LogP contribution in [0.1, 0.15) is 40.4 Å². The minimum absolute atomic E-state index is 0.0592. The van der Waals surface area contributed by atoms with Gasteiger partial charge in [-0.05, 0) is 42.3 Å². The fourth-order valence-corrected chi connectivity index (χ4v) is 3.72. The molecule has 1 fully saturated rings. The second-order valence-corrected chi connectivity index (χ2v) is 6.72. The van der Waals surface area contributed by atoms with Gasteiger partial charge in [0.05, 0.1) is 24.1 Å². The lowest BCUT2D eigenvalue weighted by Gasteiger charge is -2.47. The third-order valence-corrected chi connectivity index (χ3v) is 5.05. The summed E-state index contributed by atoms with van der Waals surface area (Å²) in [6.45, 7) is 2.12. The molecule has 28 heavy (non-hydrogen) atoms. The van der Waals surface area contributed by atoms with Crippen molar-refractivity contribution in [1.82, 2.24) is 0 Å². The monoisotopic (exact) mass is 371 g/mol. The average Bonchev–Trinajstić information content (AvgIpc) is 2.74. The first-order valence-electron chi connectivity index (χ1n) is 9.41. The number of rotatable bonds is 5. The summed E-state index contributed by atoms with van der Waals surface area (Å²) in [5.74, 6) is -0.567. The second kappa shape index (κ2) is 7.69. The van der Waals surface area contributed by atoms with Crippen molar-refractivity contribution in [2.45, 2.75) is 18.9 Å². The SMILES string of the molecule is CCOC(=O)c1ccc([C@H]2C(=O)N(c3ccccc3)[C@@H]2c2ccccc2)cc1. The van der Waals surface area contributed by atoms with Crippen LogP contribution in [0.15, 0.2) is 84.9 Å². The molecule has 0 aromatic heterocycles. The Bertz CT molecular complexity index is 968. The molecule has 1 amide bonds. The lowest BCUT2D eigenvalue weighted by atomic mass is 9.77. The molecule has 140 valence electrons. The minimum Gasteiger partial charge on any atom is -0.462 e.